The number of halogens is 4. The molecular formula is C9H10ClF3N2O. The molecule has 1 rings (SSSR count). The Bertz CT molecular complexity index is 395. The Morgan fingerprint density at radius 3 is 2.38 bits per heavy atom. The summed E-state index contributed by atoms with van der Waals surface area (Å²) in [6.07, 6.45) is -4.60. The summed E-state index contributed by atoms with van der Waals surface area (Å²) >= 11 is 5.56. The summed E-state index contributed by atoms with van der Waals surface area (Å²) in [6, 6.07) is 1.09. The summed E-state index contributed by atoms with van der Waals surface area (Å²) in [5, 5.41) is 8.53. The molecule has 0 radical (unpaired) electrons. The van der Waals surface area contributed by atoms with E-state index in [9.17, 15) is 13.2 Å². The second-order valence-corrected chi connectivity index (χ2v) is 3.66. The summed E-state index contributed by atoms with van der Waals surface area (Å²) in [6.45, 7) is -0.475. The number of hydrogen-bond donors (Lipinski definition) is 3. The van der Waals surface area contributed by atoms with Crippen molar-refractivity contribution in [1.82, 2.24) is 0 Å². The molecule has 5 N–H and O–H groups in total. The summed E-state index contributed by atoms with van der Waals surface area (Å²) in [5.74, 6) is 0. The number of anilines is 1. The largest absolute Gasteiger partial charge is 0.418 e. The van der Waals surface area contributed by atoms with Gasteiger partial charge in [-0.25, -0.2) is 0 Å². The Morgan fingerprint density at radius 2 is 1.94 bits per heavy atom. The van der Waals surface area contributed by atoms with Gasteiger partial charge < -0.3 is 16.6 Å². The Labute approximate surface area is 94.8 Å². The number of aliphatic hydroxyl groups excluding tert-OH is 1. The minimum atomic E-state index is -4.60. The minimum Gasteiger partial charge on any atom is -0.397 e. The third kappa shape index (κ3) is 2.58. The van der Waals surface area contributed by atoms with E-state index in [4.69, 9.17) is 28.2 Å². The molecule has 0 saturated heterocycles. The van der Waals surface area contributed by atoms with Gasteiger partial charge in [0.15, 0.2) is 0 Å². The Hall–Kier alpha value is -0.980. The van der Waals surface area contributed by atoms with Crippen molar-refractivity contribution in [2.75, 3.05) is 12.3 Å². The van der Waals surface area contributed by atoms with Crippen molar-refractivity contribution < 1.29 is 18.3 Å². The molecule has 1 atom stereocenters. The Balaban J connectivity index is 3.33. The van der Waals surface area contributed by atoms with Crippen LogP contribution in [0.1, 0.15) is 17.2 Å². The number of aliphatic hydroxyl groups is 1. The third-order valence-electron chi connectivity index (χ3n) is 2.08. The highest BCUT2D eigenvalue weighted by atomic mass is 35.5. The van der Waals surface area contributed by atoms with Gasteiger partial charge in [-0.05, 0) is 17.7 Å². The van der Waals surface area contributed by atoms with E-state index in [2.05, 4.69) is 0 Å². The van der Waals surface area contributed by atoms with Crippen molar-refractivity contribution in [2.45, 2.75) is 12.2 Å². The molecule has 16 heavy (non-hydrogen) atoms. The van der Waals surface area contributed by atoms with Crippen LogP contribution in [0.3, 0.4) is 0 Å². The van der Waals surface area contributed by atoms with Gasteiger partial charge in [-0.3, -0.25) is 0 Å². The van der Waals surface area contributed by atoms with E-state index < -0.39 is 30.1 Å². The average molecular weight is 255 g/mol. The first-order valence-electron chi connectivity index (χ1n) is 4.30. The van der Waals surface area contributed by atoms with Crippen LogP contribution in [0, 0.1) is 0 Å². The van der Waals surface area contributed by atoms with Crippen LogP contribution in [0.25, 0.3) is 0 Å². The van der Waals surface area contributed by atoms with Gasteiger partial charge in [0, 0.05) is 0 Å². The lowest BCUT2D eigenvalue weighted by atomic mass is 10.0. The third-order valence-corrected chi connectivity index (χ3v) is 2.39. The highest BCUT2D eigenvalue weighted by Crippen LogP contribution is 2.38. The molecule has 90 valence electrons. The van der Waals surface area contributed by atoms with Crippen molar-refractivity contribution in [3.63, 3.8) is 0 Å². The van der Waals surface area contributed by atoms with E-state index in [-0.39, 0.29) is 10.6 Å². The van der Waals surface area contributed by atoms with Crippen LogP contribution in [0.2, 0.25) is 5.02 Å². The molecule has 0 fully saturated rings. The molecule has 0 amide bonds. The average Bonchev–Trinajstić information content (AvgIpc) is 2.18. The van der Waals surface area contributed by atoms with Crippen LogP contribution in [-0.2, 0) is 6.18 Å². The van der Waals surface area contributed by atoms with Gasteiger partial charge in [-0.2, -0.15) is 13.2 Å². The van der Waals surface area contributed by atoms with Gasteiger partial charge in [0.05, 0.1) is 28.9 Å². The van der Waals surface area contributed by atoms with Gasteiger partial charge in [0.1, 0.15) is 0 Å². The van der Waals surface area contributed by atoms with E-state index in [0.717, 1.165) is 6.07 Å². The van der Waals surface area contributed by atoms with E-state index in [0.29, 0.717) is 0 Å². The Morgan fingerprint density at radius 1 is 1.38 bits per heavy atom. The second kappa shape index (κ2) is 4.48. The zero-order valence-electron chi connectivity index (χ0n) is 8.05. The highest BCUT2D eigenvalue weighted by molar-refractivity contribution is 6.33. The van der Waals surface area contributed by atoms with Crippen LogP contribution >= 0.6 is 11.6 Å². The lowest BCUT2D eigenvalue weighted by molar-refractivity contribution is -0.137. The molecule has 0 bridgehead atoms. The van der Waals surface area contributed by atoms with Gasteiger partial charge in [0.25, 0.3) is 0 Å². The van der Waals surface area contributed by atoms with Gasteiger partial charge in [-0.15, -0.1) is 0 Å². The van der Waals surface area contributed by atoms with Crippen LogP contribution in [0.4, 0.5) is 18.9 Å². The quantitative estimate of drug-likeness (QED) is 0.706. The van der Waals surface area contributed by atoms with Crippen molar-refractivity contribution in [3.05, 3.63) is 28.3 Å². The standard InChI is InChI=1S/C9H10ClF3N2O/c10-6-2-4(7(14)3-16)1-5(8(6)15)9(11,12)13/h1-2,7,16H,3,14-15H2/t7-/m1/s1. The molecule has 0 aliphatic rings. The molecule has 1 aromatic carbocycles. The fraction of sp³-hybridized carbons (Fsp3) is 0.333. The molecule has 0 aromatic heterocycles. The first-order chi connectivity index (χ1) is 7.27. The maximum Gasteiger partial charge on any atom is 0.418 e. The maximum absolute atomic E-state index is 12.5. The molecule has 1 aromatic rings. The predicted octanol–water partition coefficient (Wildman–Crippen LogP) is 1.93. The van der Waals surface area contributed by atoms with Crippen molar-refractivity contribution in [3.8, 4) is 0 Å². The van der Waals surface area contributed by atoms with Crippen LogP contribution in [-0.4, -0.2) is 11.7 Å². The number of nitrogens with two attached hydrogens (primary N) is 2. The summed E-state index contributed by atoms with van der Waals surface area (Å²) in [7, 11) is 0. The normalized spacial score (nSPS) is 13.9. The molecule has 7 heteroatoms. The SMILES string of the molecule is Nc1c(Cl)cc([C@H](N)CO)cc1C(F)(F)F. The first kappa shape index (κ1) is 13.1. The van der Waals surface area contributed by atoms with Gasteiger partial charge >= 0.3 is 6.18 Å². The lowest BCUT2D eigenvalue weighted by Crippen LogP contribution is -2.17. The van der Waals surface area contributed by atoms with E-state index in [1.165, 1.54) is 6.07 Å². The summed E-state index contributed by atoms with van der Waals surface area (Å²) < 4.78 is 37.6. The fourth-order valence-electron chi connectivity index (χ4n) is 1.19. The summed E-state index contributed by atoms with van der Waals surface area (Å²) in [4.78, 5) is 0. The van der Waals surface area contributed by atoms with Gasteiger partial charge in [-0.1, -0.05) is 11.6 Å². The first-order valence-corrected chi connectivity index (χ1v) is 4.67. The fourth-order valence-corrected chi connectivity index (χ4v) is 1.42. The number of rotatable bonds is 2. The predicted molar refractivity (Wildman–Crippen MR) is 54.9 cm³/mol. The van der Waals surface area contributed by atoms with E-state index >= 15 is 0 Å². The lowest BCUT2D eigenvalue weighted by Gasteiger charge is -2.16. The topological polar surface area (TPSA) is 72.3 Å². The molecule has 0 unspecified atom stereocenters. The van der Waals surface area contributed by atoms with Crippen LogP contribution in [0.5, 0.6) is 0 Å². The highest BCUT2D eigenvalue weighted by Gasteiger charge is 2.34. The van der Waals surface area contributed by atoms with Crippen molar-refractivity contribution in [1.29, 1.82) is 0 Å². The van der Waals surface area contributed by atoms with Crippen LogP contribution < -0.4 is 11.5 Å². The Kier molecular flexibility index (Phi) is 3.67. The molecule has 0 spiro atoms. The molecular weight excluding hydrogens is 245 g/mol. The van der Waals surface area contributed by atoms with Crippen molar-refractivity contribution >= 4 is 17.3 Å². The molecule has 0 aliphatic heterocycles. The van der Waals surface area contributed by atoms with E-state index in [1.807, 2.05) is 0 Å². The molecule has 3 nitrogen and oxygen atoms in total. The zero-order valence-corrected chi connectivity index (χ0v) is 8.81. The zero-order chi connectivity index (χ0) is 12.5. The number of hydrogen-bond acceptors (Lipinski definition) is 3. The van der Waals surface area contributed by atoms with Crippen LogP contribution in [0.15, 0.2) is 12.1 Å². The molecule has 0 aliphatic carbocycles. The van der Waals surface area contributed by atoms with E-state index in [1.54, 1.807) is 0 Å². The number of nitrogen functional groups attached to an aromatic ring is 1. The summed E-state index contributed by atoms with van der Waals surface area (Å²) in [5.41, 5.74) is 9.14. The number of benzene rings is 1. The van der Waals surface area contributed by atoms with Crippen molar-refractivity contribution in [2.24, 2.45) is 5.73 Å². The molecule has 0 saturated carbocycles. The van der Waals surface area contributed by atoms with Gasteiger partial charge in [0.2, 0.25) is 0 Å². The number of alkyl halides is 3. The minimum absolute atomic E-state index is 0.0917. The second-order valence-electron chi connectivity index (χ2n) is 3.25. The smallest absolute Gasteiger partial charge is 0.397 e. The maximum atomic E-state index is 12.5. The molecule has 0 heterocycles. The monoisotopic (exact) mass is 254 g/mol.